The highest BCUT2D eigenvalue weighted by atomic mass is 16.5. The van der Waals surface area contributed by atoms with E-state index in [9.17, 15) is 14.4 Å². The van der Waals surface area contributed by atoms with Crippen molar-refractivity contribution < 1.29 is 19.1 Å². The number of ether oxygens (including phenoxy) is 1. The maximum atomic E-state index is 12.8. The minimum absolute atomic E-state index is 0.189. The number of hydrogen-bond donors (Lipinski definition) is 3. The summed E-state index contributed by atoms with van der Waals surface area (Å²) in [6.45, 7) is 4.41. The van der Waals surface area contributed by atoms with Gasteiger partial charge in [-0.2, -0.15) is 0 Å². The molecule has 0 bridgehead atoms. The fraction of sp³-hybridized carbons (Fsp3) is 0.318. The lowest BCUT2D eigenvalue weighted by Gasteiger charge is -2.24. The molecule has 1 fully saturated rings. The van der Waals surface area contributed by atoms with Crippen LogP contribution in [0.5, 0.6) is 5.75 Å². The lowest BCUT2D eigenvalue weighted by atomic mass is 10.2. The molecule has 0 saturated carbocycles. The molecule has 1 unspecified atom stereocenters. The second kappa shape index (κ2) is 9.78. The van der Waals surface area contributed by atoms with Gasteiger partial charge < -0.3 is 25.6 Å². The number of carbonyl (C=O) groups is 3. The van der Waals surface area contributed by atoms with Crippen LogP contribution in [0, 0.1) is 0 Å². The van der Waals surface area contributed by atoms with Crippen molar-refractivity contribution in [1.82, 2.24) is 4.90 Å². The minimum Gasteiger partial charge on any atom is -0.494 e. The van der Waals surface area contributed by atoms with Gasteiger partial charge in [-0.3, -0.25) is 9.59 Å². The molecule has 1 heterocycles. The number of hydrogen-bond acceptors (Lipinski definition) is 4. The van der Waals surface area contributed by atoms with E-state index in [1.807, 2.05) is 6.92 Å². The zero-order valence-electron chi connectivity index (χ0n) is 17.1. The topological polar surface area (TPSA) is 99.8 Å². The quantitative estimate of drug-likeness (QED) is 0.676. The predicted molar refractivity (Wildman–Crippen MR) is 116 cm³/mol. The minimum atomic E-state index is -0.558. The molecule has 2 aromatic rings. The number of benzene rings is 2. The van der Waals surface area contributed by atoms with Crippen LogP contribution in [0.3, 0.4) is 0 Å². The number of urea groups is 1. The maximum Gasteiger partial charge on any atom is 0.322 e. The zero-order valence-corrected chi connectivity index (χ0v) is 17.1. The summed E-state index contributed by atoms with van der Waals surface area (Å²) >= 11 is 0. The lowest BCUT2D eigenvalue weighted by Crippen LogP contribution is -2.45. The van der Waals surface area contributed by atoms with E-state index in [0.717, 1.165) is 12.2 Å². The molecule has 0 aromatic heterocycles. The van der Waals surface area contributed by atoms with Crippen molar-refractivity contribution in [2.75, 3.05) is 29.1 Å². The van der Waals surface area contributed by atoms with Crippen LogP contribution in [-0.4, -0.2) is 41.9 Å². The number of rotatable bonds is 6. The number of nitrogens with zero attached hydrogens (tertiary/aromatic N) is 1. The fourth-order valence-electron chi connectivity index (χ4n) is 3.38. The van der Waals surface area contributed by atoms with E-state index in [-0.39, 0.29) is 17.8 Å². The summed E-state index contributed by atoms with van der Waals surface area (Å²) < 4.78 is 5.40. The van der Waals surface area contributed by atoms with E-state index in [0.29, 0.717) is 36.6 Å². The van der Waals surface area contributed by atoms with Gasteiger partial charge in [-0.15, -0.1) is 0 Å². The molecule has 0 spiro atoms. The Morgan fingerprint density at radius 3 is 2.37 bits per heavy atom. The first-order valence-corrected chi connectivity index (χ1v) is 9.95. The highest BCUT2D eigenvalue weighted by Gasteiger charge is 2.34. The van der Waals surface area contributed by atoms with Gasteiger partial charge in [0.15, 0.2) is 0 Å². The number of anilines is 3. The predicted octanol–water partition coefficient (Wildman–Crippen LogP) is 3.68. The molecule has 2 aromatic carbocycles. The highest BCUT2D eigenvalue weighted by molar-refractivity contribution is 6.00. The van der Waals surface area contributed by atoms with Crippen LogP contribution in [0.2, 0.25) is 0 Å². The molecule has 1 atom stereocenters. The van der Waals surface area contributed by atoms with Crippen molar-refractivity contribution in [3.05, 3.63) is 48.5 Å². The van der Waals surface area contributed by atoms with Crippen LogP contribution in [0.1, 0.15) is 26.7 Å². The molecule has 0 radical (unpaired) electrons. The summed E-state index contributed by atoms with van der Waals surface area (Å²) in [5.41, 5.74) is 1.79. The van der Waals surface area contributed by atoms with E-state index in [4.69, 9.17) is 4.74 Å². The molecular formula is C22H26N4O4. The molecule has 1 aliphatic heterocycles. The van der Waals surface area contributed by atoms with Gasteiger partial charge in [-0.1, -0.05) is 6.07 Å². The largest absolute Gasteiger partial charge is 0.494 e. The van der Waals surface area contributed by atoms with Gasteiger partial charge in [0.1, 0.15) is 11.8 Å². The van der Waals surface area contributed by atoms with Crippen LogP contribution in [-0.2, 0) is 9.59 Å². The van der Waals surface area contributed by atoms with Crippen LogP contribution in [0.15, 0.2) is 48.5 Å². The Morgan fingerprint density at radius 1 is 1.00 bits per heavy atom. The van der Waals surface area contributed by atoms with E-state index in [1.54, 1.807) is 53.4 Å². The number of amides is 4. The van der Waals surface area contributed by atoms with Gasteiger partial charge in [-0.05, 0) is 62.2 Å². The third kappa shape index (κ3) is 5.50. The fourth-order valence-corrected chi connectivity index (χ4v) is 3.38. The van der Waals surface area contributed by atoms with Crippen molar-refractivity contribution in [3.63, 3.8) is 0 Å². The van der Waals surface area contributed by atoms with Gasteiger partial charge in [-0.25, -0.2) is 4.79 Å². The molecule has 8 nitrogen and oxygen atoms in total. The number of nitrogens with one attached hydrogen (secondary N) is 3. The molecule has 158 valence electrons. The van der Waals surface area contributed by atoms with E-state index in [2.05, 4.69) is 16.0 Å². The lowest BCUT2D eigenvalue weighted by molar-refractivity contribution is -0.119. The SMILES string of the molecule is CCOc1ccc(NC(=O)N2CCCC2C(=O)Nc2cccc(NC(C)=O)c2)cc1. The van der Waals surface area contributed by atoms with Crippen LogP contribution >= 0.6 is 0 Å². The molecule has 3 N–H and O–H groups in total. The van der Waals surface area contributed by atoms with Crippen molar-refractivity contribution in [2.45, 2.75) is 32.7 Å². The van der Waals surface area contributed by atoms with Crippen molar-refractivity contribution in [1.29, 1.82) is 0 Å². The van der Waals surface area contributed by atoms with Gasteiger partial charge >= 0.3 is 6.03 Å². The van der Waals surface area contributed by atoms with E-state index in [1.165, 1.54) is 6.92 Å². The summed E-state index contributed by atoms with van der Waals surface area (Å²) in [6, 6.07) is 13.1. The Bertz CT molecular complexity index is 914. The monoisotopic (exact) mass is 410 g/mol. The Labute approximate surface area is 175 Å². The Hall–Kier alpha value is -3.55. The normalized spacial score (nSPS) is 15.4. The van der Waals surface area contributed by atoms with Gasteiger partial charge in [0, 0.05) is 30.5 Å². The first kappa shape index (κ1) is 21.2. The third-order valence-electron chi connectivity index (χ3n) is 4.68. The number of likely N-dealkylation sites (tertiary alicyclic amines) is 1. The average molecular weight is 410 g/mol. The summed E-state index contributed by atoms with van der Waals surface area (Å²) in [4.78, 5) is 38.3. The molecular weight excluding hydrogens is 384 g/mol. The molecule has 8 heteroatoms. The first-order chi connectivity index (χ1) is 14.5. The summed E-state index contributed by atoms with van der Waals surface area (Å²) in [6.07, 6.45) is 1.34. The maximum absolute atomic E-state index is 12.8. The standard InChI is InChI=1S/C22H26N4O4/c1-3-30-19-11-9-16(10-12-19)25-22(29)26-13-5-8-20(26)21(28)24-18-7-4-6-17(14-18)23-15(2)27/h4,6-7,9-12,14,20H,3,5,8,13H2,1-2H3,(H,23,27)(H,24,28)(H,25,29). The Balaban J connectivity index is 1.62. The summed E-state index contributed by atoms with van der Waals surface area (Å²) in [5.74, 6) is 0.288. The van der Waals surface area contributed by atoms with Gasteiger partial charge in [0.2, 0.25) is 11.8 Å². The first-order valence-electron chi connectivity index (χ1n) is 9.95. The van der Waals surface area contributed by atoms with Crippen molar-refractivity contribution in [2.24, 2.45) is 0 Å². The van der Waals surface area contributed by atoms with Gasteiger partial charge in [0.25, 0.3) is 0 Å². The van der Waals surface area contributed by atoms with Crippen molar-refractivity contribution >= 4 is 34.9 Å². The van der Waals surface area contributed by atoms with Crippen LogP contribution in [0.4, 0.5) is 21.9 Å². The van der Waals surface area contributed by atoms with Crippen LogP contribution in [0.25, 0.3) is 0 Å². The van der Waals surface area contributed by atoms with Crippen molar-refractivity contribution in [3.8, 4) is 5.75 Å². The Kier molecular flexibility index (Phi) is 6.90. The number of carbonyl (C=O) groups excluding carboxylic acids is 3. The molecule has 1 aliphatic rings. The highest BCUT2D eigenvalue weighted by Crippen LogP contribution is 2.23. The molecule has 30 heavy (non-hydrogen) atoms. The average Bonchev–Trinajstić information content (AvgIpc) is 3.20. The molecule has 4 amide bonds. The van der Waals surface area contributed by atoms with Crippen LogP contribution < -0.4 is 20.7 Å². The second-order valence-corrected chi connectivity index (χ2v) is 6.99. The second-order valence-electron chi connectivity index (χ2n) is 6.99. The molecule has 3 rings (SSSR count). The smallest absolute Gasteiger partial charge is 0.322 e. The summed E-state index contributed by atoms with van der Waals surface area (Å²) in [5, 5.41) is 8.36. The Morgan fingerprint density at radius 2 is 1.70 bits per heavy atom. The summed E-state index contributed by atoms with van der Waals surface area (Å²) in [7, 11) is 0. The molecule has 0 aliphatic carbocycles. The molecule has 1 saturated heterocycles. The third-order valence-corrected chi connectivity index (χ3v) is 4.68. The van der Waals surface area contributed by atoms with E-state index >= 15 is 0 Å². The van der Waals surface area contributed by atoms with Gasteiger partial charge in [0.05, 0.1) is 6.61 Å². The van der Waals surface area contributed by atoms with E-state index < -0.39 is 6.04 Å². The zero-order chi connectivity index (χ0) is 21.5.